The maximum Gasteiger partial charge on any atom is 0.212 e. The summed E-state index contributed by atoms with van der Waals surface area (Å²) in [6.07, 6.45) is 0.917. The standard InChI is InChI=1S/C14H13ClNO.Y/c1-3-10-6-4-5-7-11(10)13-9-8-12(15)14(17)16(13)2;/h4-8H,3H2,1-2H3;/q-1;. The zero-order valence-corrected chi connectivity index (χ0v) is 14.0. The molecule has 0 spiro atoms. The van der Waals surface area contributed by atoms with Gasteiger partial charge in [0.05, 0.1) is 0 Å². The minimum Gasteiger partial charge on any atom is -0.344 e. The summed E-state index contributed by atoms with van der Waals surface area (Å²) < 4.78 is 1.54. The molecular weight excluding hydrogens is 323 g/mol. The molecule has 0 atom stereocenters. The summed E-state index contributed by atoms with van der Waals surface area (Å²) in [5.41, 5.74) is 2.82. The van der Waals surface area contributed by atoms with Crippen LogP contribution in [0.2, 0.25) is 5.02 Å². The predicted octanol–water partition coefficient (Wildman–Crippen LogP) is 3.07. The molecule has 0 saturated heterocycles. The summed E-state index contributed by atoms with van der Waals surface area (Å²) in [5, 5.41) is 0.199. The average molecular weight is 336 g/mol. The quantitative estimate of drug-likeness (QED) is 0.773. The zero-order chi connectivity index (χ0) is 12.4. The Morgan fingerprint density at radius 2 is 2.00 bits per heavy atom. The van der Waals surface area contributed by atoms with E-state index in [2.05, 4.69) is 19.1 Å². The molecule has 0 aliphatic rings. The number of hydrogen-bond acceptors (Lipinski definition) is 1. The molecule has 91 valence electrons. The van der Waals surface area contributed by atoms with Crippen molar-refractivity contribution < 1.29 is 32.7 Å². The van der Waals surface area contributed by atoms with E-state index in [4.69, 9.17) is 11.6 Å². The number of nitrogens with zero attached hydrogens (tertiary/aromatic N) is 1. The Hall–Kier alpha value is -0.436. The predicted molar refractivity (Wildman–Crippen MR) is 70.3 cm³/mol. The molecule has 4 heteroatoms. The molecule has 1 aromatic heterocycles. The molecule has 0 fully saturated rings. The SMILES string of the molecule is CCc1ccccc1-c1[c-]cc(Cl)c(=O)n1C.[Y]. The Bertz CT molecular complexity index is 607. The van der Waals surface area contributed by atoms with E-state index in [-0.39, 0.29) is 43.3 Å². The van der Waals surface area contributed by atoms with Crippen molar-refractivity contribution in [3.63, 3.8) is 0 Å². The number of rotatable bonds is 2. The van der Waals surface area contributed by atoms with Gasteiger partial charge in [0.25, 0.3) is 0 Å². The summed E-state index contributed by atoms with van der Waals surface area (Å²) in [5.74, 6) is 0. The average Bonchev–Trinajstić information content (AvgIpc) is 2.36. The zero-order valence-electron chi connectivity index (χ0n) is 10.4. The van der Waals surface area contributed by atoms with Gasteiger partial charge >= 0.3 is 0 Å². The van der Waals surface area contributed by atoms with E-state index in [0.717, 1.165) is 17.7 Å². The number of aryl methyl sites for hydroxylation is 1. The van der Waals surface area contributed by atoms with Crippen molar-refractivity contribution in [3.05, 3.63) is 57.3 Å². The first-order valence-electron chi connectivity index (χ1n) is 5.50. The number of pyridine rings is 1. The van der Waals surface area contributed by atoms with Crippen LogP contribution < -0.4 is 5.56 Å². The van der Waals surface area contributed by atoms with Crippen LogP contribution in [0, 0.1) is 6.07 Å². The second kappa shape index (κ2) is 6.65. The second-order valence-electron chi connectivity index (χ2n) is 3.86. The van der Waals surface area contributed by atoms with Gasteiger partial charge in [-0.3, -0.25) is 4.79 Å². The van der Waals surface area contributed by atoms with E-state index in [1.807, 2.05) is 18.2 Å². The molecule has 0 aliphatic heterocycles. The van der Waals surface area contributed by atoms with Crippen molar-refractivity contribution >= 4 is 11.6 Å². The van der Waals surface area contributed by atoms with E-state index in [1.165, 1.54) is 16.2 Å². The second-order valence-corrected chi connectivity index (χ2v) is 4.27. The van der Waals surface area contributed by atoms with Gasteiger partial charge in [-0.25, -0.2) is 0 Å². The molecule has 2 aromatic rings. The van der Waals surface area contributed by atoms with E-state index in [1.54, 1.807) is 7.05 Å². The van der Waals surface area contributed by atoms with Crippen LogP contribution in [0.3, 0.4) is 0 Å². The Kier molecular flexibility index (Phi) is 5.77. The van der Waals surface area contributed by atoms with Crippen LogP contribution in [-0.2, 0) is 46.2 Å². The van der Waals surface area contributed by atoms with Crippen molar-refractivity contribution in [3.8, 4) is 11.3 Å². The molecular formula is C14H13ClNOY-. The first-order valence-corrected chi connectivity index (χ1v) is 5.88. The van der Waals surface area contributed by atoms with E-state index >= 15 is 0 Å². The molecule has 0 amide bonds. The van der Waals surface area contributed by atoms with Crippen LogP contribution in [0.5, 0.6) is 0 Å². The summed E-state index contributed by atoms with van der Waals surface area (Å²) in [7, 11) is 1.71. The van der Waals surface area contributed by atoms with Crippen molar-refractivity contribution in [2.24, 2.45) is 7.05 Å². The Morgan fingerprint density at radius 1 is 1.33 bits per heavy atom. The molecule has 2 rings (SSSR count). The maximum absolute atomic E-state index is 11.8. The Balaban J connectivity index is 0.00000162. The van der Waals surface area contributed by atoms with E-state index in [0.29, 0.717) is 0 Å². The van der Waals surface area contributed by atoms with Crippen molar-refractivity contribution in [2.75, 3.05) is 0 Å². The van der Waals surface area contributed by atoms with Gasteiger partial charge in [-0.1, -0.05) is 41.9 Å². The summed E-state index contributed by atoms with van der Waals surface area (Å²) in [6, 6.07) is 12.6. The van der Waals surface area contributed by atoms with Crippen LogP contribution in [0.15, 0.2) is 35.1 Å². The largest absolute Gasteiger partial charge is 0.344 e. The number of benzene rings is 1. The van der Waals surface area contributed by atoms with E-state index in [9.17, 15) is 4.79 Å². The number of aromatic nitrogens is 1. The number of hydrogen-bond donors (Lipinski definition) is 0. The Labute approximate surface area is 137 Å². The topological polar surface area (TPSA) is 22.0 Å². The molecule has 1 aromatic carbocycles. The molecule has 1 radical (unpaired) electrons. The van der Waals surface area contributed by atoms with Gasteiger partial charge in [0.1, 0.15) is 0 Å². The number of halogens is 1. The molecule has 0 aliphatic carbocycles. The van der Waals surface area contributed by atoms with Gasteiger partial charge in [0, 0.05) is 44.8 Å². The smallest absolute Gasteiger partial charge is 0.212 e. The van der Waals surface area contributed by atoms with Crippen LogP contribution in [0.25, 0.3) is 11.3 Å². The van der Waals surface area contributed by atoms with Gasteiger partial charge in [-0.2, -0.15) is 23.7 Å². The molecule has 1 heterocycles. The van der Waals surface area contributed by atoms with Crippen LogP contribution in [-0.4, -0.2) is 4.57 Å². The van der Waals surface area contributed by atoms with Crippen molar-refractivity contribution in [1.82, 2.24) is 4.57 Å². The molecule has 0 N–H and O–H groups in total. The van der Waals surface area contributed by atoms with Crippen LogP contribution in [0.1, 0.15) is 12.5 Å². The van der Waals surface area contributed by atoms with Crippen molar-refractivity contribution in [1.29, 1.82) is 0 Å². The van der Waals surface area contributed by atoms with Crippen LogP contribution in [0.4, 0.5) is 0 Å². The molecule has 0 saturated carbocycles. The Morgan fingerprint density at radius 3 is 2.67 bits per heavy atom. The fourth-order valence-electron chi connectivity index (χ4n) is 1.87. The molecule has 18 heavy (non-hydrogen) atoms. The third-order valence-electron chi connectivity index (χ3n) is 2.83. The first-order chi connectivity index (χ1) is 8.15. The monoisotopic (exact) mass is 335 g/mol. The van der Waals surface area contributed by atoms with Gasteiger partial charge in [0.2, 0.25) is 5.56 Å². The first kappa shape index (κ1) is 15.6. The van der Waals surface area contributed by atoms with Gasteiger partial charge < -0.3 is 4.57 Å². The normalized spacial score (nSPS) is 9.94. The fraction of sp³-hybridized carbons (Fsp3) is 0.214. The van der Waals surface area contributed by atoms with Gasteiger partial charge in [0.15, 0.2) is 0 Å². The van der Waals surface area contributed by atoms with Crippen LogP contribution >= 0.6 is 11.6 Å². The minimum atomic E-state index is -0.189. The molecule has 0 bridgehead atoms. The minimum absolute atomic E-state index is 0. The third-order valence-corrected chi connectivity index (χ3v) is 3.10. The third kappa shape index (κ3) is 2.93. The maximum atomic E-state index is 11.8. The molecule has 2 nitrogen and oxygen atoms in total. The van der Waals surface area contributed by atoms with Gasteiger partial charge in [-0.15, -0.1) is 6.07 Å². The van der Waals surface area contributed by atoms with Crippen molar-refractivity contribution in [2.45, 2.75) is 13.3 Å². The fourth-order valence-corrected chi connectivity index (χ4v) is 2.05. The summed E-state index contributed by atoms with van der Waals surface area (Å²) in [4.78, 5) is 11.8. The summed E-state index contributed by atoms with van der Waals surface area (Å²) >= 11 is 5.78. The summed E-state index contributed by atoms with van der Waals surface area (Å²) in [6.45, 7) is 2.09. The van der Waals surface area contributed by atoms with E-state index < -0.39 is 0 Å². The van der Waals surface area contributed by atoms with Gasteiger partial charge in [-0.05, 0) is 6.42 Å². The molecule has 0 unspecified atom stereocenters.